The molecular formula is C18H20N2O. The molecule has 1 aliphatic heterocycles. The van der Waals surface area contributed by atoms with Gasteiger partial charge in [0.2, 0.25) is 0 Å². The molecule has 0 amide bonds. The maximum atomic E-state index is 9.91. The van der Waals surface area contributed by atoms with Crippen molar-refractivity contribution in [2.24, 2.45) is 5.92 Å². The first kappa shape index (κ1) is 12.7. The highest BCUT2D eigenvalue weighted by Crippen LogP contribution is 2.53. The summed E-state index contributed by atoms with van der Waals surface area (Å²) in [7, 11) is 0. The number of fused-ring (bicyclic) bond motifs is 3. The van der Waals surface area contributed by atoms with Crippen LogP contribution in [0.1, 0.15) is 41.5 Å². The fraction of sp³-hybridized carbons (Fsp3) is 0.333. The van der Waals surface area contributed by atoms with E-state index >= 15 is 0 Å². The number of nitrogen functional groups attached to an aromatic ring is 1. The van der Waals surface area contributed by atoms with Gasteiger partial charge in [0, 0.05) is 17.6 Å². The fourth-order valence-corrected chi connectivity index (χ4v) is 4.15. The Hall–Kier alpha value is -2.00. The van der Waals surface area contributed by atoms with Crippen molar-refractivity contribution in [2.45, 2.75) is 24.8 Å². The molecule has 1 aliphatic carbocycles. The van der Waals surface area contributed by atoms with Gasteiger partial charge in [-0.2, -0.15) is 0 Å². The van der Waals surface area contributed by atoms with Gasteiger partial charge in [0.05, 0.1) is 0 Å². The SMILES string of the molecule is Nc1ccccc1C1c2cc(O)ccc2C2NCCCC21. The highest BCUT2D eigenvalue weighted by atomic mass is 16.3. The summed E-state index contributed by atoms with van der Waals surface area (Å²) in [6, 6.07) is 14.3. The van der Waals surface area contributed by atoms with Gasteiger partial charge in [-0.15, -0.1) is 0 Å². The van der Waals surface area contributed by atoms with Crippen LogP contribution in [-0.2, 0) is 0 Å². The van der Waals surface area contributed by atoms with Crippen molar-refractivity contribution >= 4 is 5.69 Å². The number of phenolic OH excluding ortho intramolecular Hbond substituents is 1. The molecule has 1 fully saturated rings. The molecule has 2 aromatic carbocycles. The Morgan fingerprint density at radius 1 is 1.05 bits per heavy atom. The molecule has 4 N–H and O–H groups in total. The zero-order valence-electron chi connectivity index (χ0n) is 11.9. The van der Waals surface area contributed by atoms with E-state index in [0.29, 0.717) is 17.7 Å². The number of aromatic hydroxyl groups is 1. The van der Waals surface area contributed by atoms with Crippen molar-refractivity contribution in [3.05, 3.63) is 59.2 Å². The quantitative estimate of drug-likeness (QED) is 0.703. The van der Waals surface area contributed by atoms with Gasteiger partial charge < -0.3 is 16.2 Å². The number of anilines is 1. The number of hydrogen-bond acceptors (Lipinski definition) is 3. The van der Waals surface area contributed by atoms with Crippen LogP contribution in [0.3, 0.4) is 0 Å². The number of nitrogens with two attached hydrogens (primary N) is 1. The number of nitrogens with one attached hydrogen (secondary N) is 1. The van der Waals surface area contributed by atoms with Crippen LogP contribution in [0.15, 0.2) is 42.5 Å². The molecule has 3 nitrogen and oxygen atoms in total. The third-order valence-electron chi connectivity index (χ3n) is 5.01. The van der Waals surface area contributed by atoms with E-state index in [-0.39, 0.29) is 5.92 Å². The van der Waals surface area contributed by atoms with Gasteiger partial charge in [0.25, 0.3) is 0 Å². The van der Waals surface area contributed by atoms with Gasteiger partial charge >= 0.3 is 0 Å². The lowest BCUT2D eigenvalue weighted by atomic mass is 9.80. The average molecular weight is 280 g/mol. The average Bonchev–Trinajstić information content (AvgIpc) is 2.81. The first-order chi connectivity index (χ1) is 10.3. The summed E-state index contributed by atoms with van der Waals surface area (Å²) in [4.78, 5) is 0. The van der Waals surface area contributed by atoms with Crippen molar-refractivity contribution in [2.75, 3.05) is 12.3 Å². The summed E-state index contributed by atoms with van der Waals surface area (Å²) in [6.07, 6.45) is 2.40. The molecule has 2 aliphatic rings. The van der Waals surface area contributed by atoms with Gasteiger partial charge in [0.15, 0.2) is 0 Å². The number of hydrogen-bond donors (Lipinski definition) is 3. The van der Waals surface area contributed by atoms with Crippen molar-refractivity contribution in [3.63, 3.8) is 0 Å². The van der Waals surface area contributed by atoms with Crippen molar-refractivity contribution in [3.8, 4) is 5.75 Å². The van der Waals surface area contributed by atoms with Crippen LogP contribution in [-0.4, -0.2) is 11.7 Å². The van der Waals surface area contributed by atoms with Crippen LogP contribution in [0.5, 0.6) is 5.75 Å². The number of phenols is 1. The highest BCUT2D eigenvalue weighted by Gasteiger charge is 2.43. The minimum absolute atomic E-state index is 0.283. The lowest BCUT2D eigenvalue weighted by Crippen LogP contribution is -2.33. The first-order valence-corrected chi connectivity index (χ1v) is 7.66. The lowest BCUT2D eigenvalue weighted by Gasteiger charge is -2.31. The summed E-state index contributed by atoms with van der Waals surface area (Å²) >= 11 is 0. The Morgan fingerprint density at radius 3 is 2.76 bits per heavy atom. The van der Waals surface area contributed by atoms with E-state index in [2.05, 4.69) is 23.5 Å². The Labute approximate surface area is 124 Å². The van der Waals surface area contributed by atoms with E-state index in [0.717, 1.165) is 12.2 Å². The van der Waals surface area contributed by atoms with Crippen molar-refractivity contribution in [1.82, 2.24) is 5.32 Å². The molecule has 2 aromatic rings. The van der Waals surface area contributed by atoms with Gasteiger partial charge in [0.1, 0.15) is 5.75 Å². The molecule has 108 valence electrons. The molecule has 3 atom stereocenters. The maximum Gasteiger partial charge on any atom is 0.115 e. The van der Waals surface area contributed by atoms with Gasteiger partial charge in [-0.05, 0) is 60.2 Å². The van der Waals surface area contributed by atoms with E-state index < -0.39 is 0 Å². The Kier molecular flexibility index (Phi) is 2.89. The van der Waals surface area contributed by atoms with Gasteiger partial charge in [-0.25, -0.2) is 0 Å². The van der Waals surface area contributed by atoms with Crippen LogP contribution in [0.25, 0.3) is 0 Å². The van der Waals surface area contributed by atoms with Crippen LogP contribution in [0.4, 0.5) is 5.69 Å². The molecule has 0 spiro atoms. The minimum atomic E-state index is 0.283. The summed E-state index contributed by atoms with van der Waals surface area (Å²) in [5.41, 5.74) is 10.8. The molecule has 0 saturated carbocycles. The molecule has 1 saturated heterocycles. The Balaban J connectivity index is 1.89. The number of rotatable bonds is 1. The maximum absolute atomic E-state index is 9.91. The van der Waals surface area contributed by atoms with Crippen molar-refractivity contribution in [1.29, 1.82) is 0 Å². The summed E-state index contributed by atoms with van der Waals surface area (Å²) in [6.45, 7) is 1.07. The topological polar surface area (TPSA) is 58.3 Å². The third kappa shape index (κ3) is 1.92. The number of piperidine rings is 1. The smallest absolute Gasteiger partial charge is 0.115 e. The second-order valence-electron chi connectivity index (χ2n) is 6.16. The zero-order valence-corrected chi connectivity index (χ0v) is 11.9. The van der Waals surface area contributed by atoms with Crippen LogP contribution >= 0.6 is 0 Å². The van der Waals surface area contributed by atoms with Crippen LogP contribution in [0, 0.1) is 5.92 Å². The van der Waals surface area contributed by atoms with E-state index in [9.17, 15) is 5.11 Å². The third-order valence-corrected chi connectivity index (χ3v) is 5.01. The second-order valence-corrected chi connectivity index (χ2v) is 6.16. The molecule has 0 radical (unpaired) electrons. The fourth-order valence-electron chi connectivity index (χ4n) is 4.15. The van der Waals surface area contributed by atoms with Crippen LogP contribution < -0.4 is 11.1 Å². The monoisotopic (exact) mass is 280 g/mol. The highest BCUT2D eigenvalue weighted by molar-refractivity contribution is 5.57. The Bertz CT molecular complexity index is 683. The number of benzene rings is 2. The van der Waals surface area contributed by atoms with Crippen LogP contribution in [0.2, 0.25) is 0 Å². The molecule has 3 heteroatoms. The zero-order chi connectivity index (χ0) is 14.4. The van der Waals surface area contributed by atoms with E-state index in [1.807, 2.05) is 18.2 Å². The summed E-state index contributed by atoms with van der Waals surface area (Å²) in [5, 5.41) is 13.6. The van der Waals surface area contributed by atoms with E-state index in [4.69, 9.17) is 5.73 Å². The molecule has 0 bridgehead atoms. The Morgan fingerprint density at radius 2 is 1.90 bits per heavy atom. The molecule has 21 heavy (non-hydrogen) atoms. The lowest BCUT2D eigenvalue weighted by molar-refractivity contribution is 0.287. The van der Waals surface area contributed by atoms with E-state index in [1.54, 1.807) is 6.07 Å². The second kappa shape index (κ2) is 4.78. The van der Waals surface area contributed by atoms with Gasteiger partial charge in [-0.1, -0.05) is 24.3 Å². The van der Waals surface area contributed by atoms with E-state index in [1.165, 1.54) is 29.5 Å². The summed E-state index contributed by atoms with van der Waals surface area (Å²) < 4.78 is 0. The van der Waals surface area contributed by atoms with Crippen molar-refractivity contribution < 1.29 is 5.11 Å². The summed E-state index contributed by atoms with van der Waals surface area (Å²) in [5.74, 6) is 1.15. The largest absolute Gasteiger partial charge is 0.508 e. The predicted molar refractivity (Wildman–Crippen MR) is 84.3 cm³/mol. The molecular weight excluding hydrogens is 260 g/mol. The molecule has 0 aromatic heterocycles. The normalized spacial score (nSPS) is 27.1. The molecule has 3 unspecified atom stereocenters. The number of para-hydroxylation sites is 1. The van der Waals surface area contributed by atoms with Gasteiger partial charge in [-0.3, -0.25) is 0 Å². The predicted octanol–water partition coefficient (Wildman–Crippen LogP) is 3.16. The first-order valence-electron chi connectivity index (χ1n) is 7.66. The minimum Gasteiger partial charge on any atom is -0.508 e. The molecule has 4 rings (SSSR count). The molecule has 1 heterocycles. The standard InChI is InChI=1S/C18H20N2O/c19-16-6-2-1-4-13(16)17-14-5-3-9-20-18(14)12-8-7-11(21)10-15(12)17/h1-2,4,6-8,10,14,17-18,20-21H,3,5,9,19H2.